The van der Waals surface area contributed by atoms with Gasteiger partial charge in [-0.1, -0.05) is 6.92 Å². The fraction of sp³-hybridized carbons (Fsp3) is 0.833. The second kappa shape index (κ2) is 7.33. The highest BCUT2D eigenvalue weighted by atomic mass is 16.5. The van der Waals surface area contributed by atoms with Crippen LogP contribution in [0.15, 0.2) is 0 Å². The van der Waals surface area contributed by atoms with E-state index in [-0.39, 0.29) is 12.3 Å². The van der Waals surface area contributed by atoms with Crippen LogP contribution in [0.1, 0.15) is 19.8 Å². The van der Waals surface area contributed by atoms with Gasteiger partial charge in [-0.2, -0.15) is 0 Å². The largest absolute Gasteiger partial charge is 0.481 e. The molecule has 1 rings (SSSR count). The highest BCUT2D eigenvalue weighted by Crippen LogP contribution is 2.15. The van der Waals surface area contributed by atoms with Crippen molar-refractivity contribution in [2.24, 2.45) is 0 Å². The van der Waals surface area contributed by atoms with E-state index in [9.17, 15) is 9.59 Å². The van der Waals surface area contributed by atoms with E-state index in [0.717, 1.165) is 19.5 Å². The summed E-state index contributed by atoms with van der Waals surface area (Å²) in [4.78, 5) is 26.7. The first-order valence-electron chi connectivity index (χ1n) is 6.33. The molecule has 1 amide bonds. The molecule has 1 atom stereocenters. The zero-order chi connectivity index (χ0) is 13.5. The minimum Gasteiger partial charge on any atom is -0.481 e. The van der Waals surface area contributed by atoms with Crippen LogP contribution in [0, 0.1) is 0 Å². The second-order valence-electron chi connectivity index (χ2n) is 4.47. The lowest BCUT2D eigenvalue weighted by atomic mass is 10.1. The van der Waals surface area contributed by atoms with Gasteiger partial charge in [0.1, 0.15) is 0 Å². The van der Waals surface area contributed by atoms with Crippen LogP contribution in [0.25, 0.3) is 0 Å². The lowest BCUT2D eigenvalue weighted by Gasteiger charge is -2.40. The molecule has 18 heavy (non-hydrogen) atoms. The molecule has 6 nitrogen and oxygen atoms in total. The third-order valence-electron chi connectivity index (χ3n) is 3.14. The zero-order valence-corrected chi connectivity index (χ0v) is 11.1. The first-order chi connectivity index (χ1) is 8.60. The number of aliphatic carboxylic acids is 1. The van der Waals surface area contributed by atoms with E-state index in [1.165, 1.54) is 0 Å². The molecule has 1 N–H and O–H groups in total. The van der Waals surface area contributed by atoms with Gasteiger partial charge in [0.25, 0.3) is 0 Å². The highest BCUT2D eigenvalue weighted by Gasteiger charge is 2.35. The minimum absolute atomic E-state index is 0.0887. The molecule has 1 aliphatic heterocycles. The van der Waals surface area contributed by atoms with Crippen molar-refractivity contribution in [2.75, 3.05) is 39.9 Å². The molecule has 1 unspecified atom stereocenters. The lowest BCUT2D eigenvalue weighted by molar-refractivity contribution is -0.149. The summed E-state index contributed by atoms with van der Waals surface area (Å²) < 4.78 is 4.96. The number of carbonyl (C=O) groups excluding carboxylic acids is 1. The smallest absolute Gasteiger partial charge is 0.305 e. The number of carboxylic acid groups (broad SMARTS) is 1. The summed E-state index contributed by atoms with van der Waals surface area (Å²) in [5.74, 6) is -1.02. The van der Waals surface area contributed by atoms with E-state index in [4.69, 9.17) is 9.84 Å². The Morgan fingerprint density at radius 1 is 1.44 bits per heavy atom. The molecule has 0 radical (unpaired) electrons. The topological polar surface area (TPSA) is 70.1 Å². The monoisotopic (exact) mass is 258 g/mol. The van der Waals surface area contributed by atoms with Crippen LogP contribution >= 0.6 is 0 Å². The van der Waals surface area contributed by atoms with Gasteiger partial charge in [-0.15, -0.1) is 0 Å². The summed E-state index contributed by atoms with van der Waals surface area (Å²) in [5, 5.41) is 8.91. The van der Waals surface area contributed by atoms with E-state index >= 15 is 0 Å². The summed E-state index contributed by atoms with van der Waals surface area (Å²) in [5.41, 5.74) is 0. The number of ether oxygens (including phenoxy) is 1. The van der Waals surface area contributed by atoms with Crippen LogP contribution in [-0.4, -0.2) is 72.7 Å². The zero-order valence-electron chi connectivity index (χ0n) is 11.1. The van der Waals surface area contributed by atoms with Crippen molar-refractivity contribution in [3.63, 3.8) is 0 Å². The molecule has 104 valence electrons. The average molecular weight is 258 g/mol. The predicted octanol–water partition coefficient (Wildman–Crippen LogP) is 0.0303. The quantitative estimate of drug-likeness (QED) is 0.697. The molecule has 1 aliphatic rings. The van der Waals surface area contributed by atoms with E-state index in [1.807, 2.05) is 11.8 Å². The number of amides is 1. The third kappa shape index (κ3) is 3.96. The van der Waals surface area contributed by atoms with Gasteiger partial charge in [-0.25, -0.2) is 0 Å². The van der Waals surface area contributed by atoms with Crippen LogP contribution in [0.5, 0.6) is 0 Å². The number of carboxylic acids is 1. The average Bonchev–Trinajstić information content (AvgIpc) is 2.32. The Labute approximate surface area is 107 Å². The summed E-state index contributed by atoms with van der Waals surface area (Å²) in [6.45, 7) is 5.20. The molecule has 1 heterocycles. The van der Waals surface area contributed by atoms with E-state index in [0.29, 0.717) is 19.7 Å². The number of piperazine rings is 1. The molecular weight excluding hydrogens is 236 g/mol. The first kappa shape index (κ1) is 14.9. The molecule has 6 heteroatoms. The van der Waals surface area contributed by atoms with Crippen molar-refractivity contribution < 1.29 is 19.4 Å². The molecule has 0 bridgehead atoms. The molecule has 0 spiro atoms. The fourth-order valence-electron chi connectivity index (χ4n) is 2.24. The van der Waals surface area contributed by atoms with Crippen molar-refractivity contribution in [3.05, 3.63) is 0 Å². The van der Waals surface area contributed by atoms with Gasteiger partial charge in [-0.3, -0.25) is 14.5 Å². The molecule has 1 fully saturated rings. The van der Waals surface area contributed by atoms with Crippen molar-refractivity contribution in [3.8, 4) is 0 Å². The van der Waals surface area contributed by atoms with Crippen molar-refractivity contribution >= 4 is 11.9 Å². The number of rotatable bonds is 7. The SMILES string of the molecule is CCCN1CCN(CCOC)C(=O)C1CC(=O)O. The molecular formula is C12H22N2O4. The van der Waals surface area contributed by atoms with Gasteiger partial charge >= 0.3 is 5.97 Å². The molecule has 0 aliphatic carbocycles. The lowest BCUT2D eigenvalue weighted by Crippen LogP contribution is -2.58. The van der Waals surface area contributed by atoms with Crippen LogP contribution < -0.4 is 0 Å². The summed E-state index contributed by atoms with van der Waals surface area (Å²) >= 11 is 0. The molecule has 0 aromatic heterocycles. The van der Waals surface area contributed by atoms with Gasteiger partial charge < -0.3 is 14.7 Å². The minimum atomic E-state index is -0.928. The first-order valence-corrected chi connectivity index (χ1v) is 6.33. The molecule has 1 saturated heterocycles. The summed E-state index contributed by atoms with van der Waals surface area (Å²) in [6.07, 6.45) is 0.795. The van der Waals surface area contributed by atoms with Crippen LogP contribution in [0.3, 0.4) is 0 Å². The number of methoxy groups -OCH3 is 1. The number of nitrogens with zero attached hydrogens (tertiary/aromatic N) is 2. The standard InChI is InChI=1S/C12H22N2O4/c1-3-4-13-5-6-14(7-8-18-2)12(17)10(13)9-11(15)16/h10H,3-9H2,1-2H3,(H,15,16). The van der Waals surface area contributed by atoms with Crippen LogP contribution in [0.2, 0.25) is 0 Å². The fourth-order valence-corrected chi connectivity index (χ4v) is 2.24. The molecule has 0 saturated carbocycles. The Morgan fingerprint density at radius 3 is 2.72 bits per heavy atom. The van der Waals surface area contributed by atoms with Gasteiger partial charge in [0.05, 0.1) is 19.1 Å². The number of hydrogen-bond acceptors (Lipinski definition) is 4. The Kier molecular flexibility index (Phi) is 6.07. The van der Waals surface area contributed by atoms with Gasteiger partial charge in [0, 0.05) is 26.7 Å². The Bertz CT molecular complexity index is 296. The molecule has 0 aromatic rings. The summed E-state index contributed by atoms with van der Waals surface area (Å²) in [6, 6.07) is -0.520. The van der Waals surface area contributed by atoms with Crippen LogP contribution in [0.4, 0.5) is 0 Å². The van der Waals surface area contributed by atoms with Gasteiger partial charge in [-0.05, 0) is 13.0 Å². The van der Waals surface area contributed by atoms with Crippen molar-refractivity contribution in [2.45, 2.75) is 25.8 Å². The van der Waals surface area contributed by atoms with E-state index in [1.54, 1.807) is 12.0 Å². The Hall–Kier alpha value is -1.14. The van der Waals surface area contributed by atoms with Crippen molar-refractivity contribution in [1.29, 1.82) is 0 Å². The summed E-state index contributed by atoms with van der Waals surface area (Å²) in [7, 11) is 1.59. The van der Waals surface area contributed by atoms with Crippen LogP contribution in [-0.2, 0) is 14.3 Å². The van der Waals surface area contributed by atoms with Gasteiger partial charge in [0.15, 0.2) is 0 Å². The van der Waals surface area contributed by atoms with Gasteiger partial charge in [0.2, 0.25) is 5.91 Å². The normalized spacial score (nSPS) is 21.3. The maximum absolute atomic E-state index is 12.2. The highest BCUT2D eigenvalue weighted by molar-refractivity contribution is 5.86. The maximum Gasteiger partial charge on any atom is 0.305 e. The predicted molar refractivity (Wildman–Crippen MR) is 66.4 cm³/mol. The molecule has 0 aromatic carbocycles. The maximum atomic E-state index is 12.2. The van der Waals surface area contributed by atoms with Crippen molar-refractivity contribution in [1.82, 2.24) is 9.80 Å². The Morgan fingerprint density at radius 2 is 2.17 bits per heavy atom. The third-order valence-corrected chi connectivity index (χ3v) is 3.14. The Balaban J connectivity index is 2.67. The van der Waals surface area contributed by atoms with E-state index < -0.39 is 12.0 Å². The van der Waals surface area contributed by atoms with E-state index in [2.05, 4.69) is 0 Å². The number of hydrogen-bond donors (Lipinski definition) is 1. The second-order valence-corrected chi connectivity index (χ2v) is 4.47. The number of carbonyl (C=O) groups is 2.